The highest BCUT2D eigenvalue weighted by Gasteiger charge is 2.38. The second kappa shape index (κ2) is 7.70. The molecule has 9 heteroatoms. The van der Waals surface area contributed by atoms with E-state index in [2.05, 4.69) is 9.88 Å². The molecule has 0 bridgehead atoms. The lowest BCUT2D eigenvalue weighted by Gasteiger charge is -2.40. The maximum Gasteiger partial charge on any atom is 0.410 e. The van der Waals surface area contributed by atoms with Crippen LogP contribution in [0.3, 0.4) is 0 Å². The normalized spacial score (nSPS) is 22.4. The van der Waals surface area contributed by atoms with Crippen LogP contribution in [0.2, 0.25) is 0 Å². The van der Waals surface area contributed by atoms with Crippen LogP contribution in [0.1, 0.15) is 31.1 Å². The van der Waals surface area contributed by atoms with Crippen molar-refractivity contribution in [3.63, 3.8) is 0 Å². The van der Waals surface area contributed by atoms with Crippen LogP contribution in [-0.2, 0) is 9.47 Å². The maximum atomic E-state index is 13.1. The predicted octanol–water partition coefficient (Wildman–Crippen LogP) is 1.37. The van der Waals surface area contributed by atoms with E-state index in [4.69, 9.17) is 14.2 Å². The molecular weight excluding hydrogens is 376 g/mol. The smallest absolute Gasteiger partial charge is 0.410 e. The van der Waals surface area contributed by atoms with Gasteiger partial charge in [0.15, 0.2) is 0 Å². The van der Waals surface area contributed by atoms with Gasteiger partial charge >= 0.3 is 6.09 Å². The van der Waals surface area contributed by atoms with E-state index in [1.165, 1.54) is 0 Å². The lowest BCUT2D eigenvalue weighted by Crippen LogP contribution is -2.58. The number of hydrogen-bond acceptors (Lipinski definition) is 7. The number of aromatic nitrogens is 1. The number of anilines is 1. The lowest BCUT2D eigenvalue weighted by atomic mass is 10.1. The number of morpholine rings is 1. The van der Waals surface area contributed by atoms with Gasteiger partial charge in [0, 0.05) is 32.7 Å². The van der Waals surface area contributed by atoms with Crippen molar-refractivity contribution in [1.29, 1.82) is 0 Å². The van der Waals surface area contributed by atoms with Crippen molar-refractivity contribution in [3.8, 4) is 5.88 Å². The van der Waals surface area contributed by atoms with Gasteiger partial charge in [0.1, 0.15) is 23.6 Å². The zero-order valence-corrected chi connectivity index (χ0v) is 17.2. The van der Waals surface area contributed by atoms with Gasteiger partial charge in [-0.3, -0.25) is 4.79 Å². The third kappa shape index (κ3) is 4.24. The molecular formula is C20H28N4O5. The fourth-order valence-electron chi connectivity index (χ4n) is 3.76. The highest BCUT2D eigenvalue weighted by molar-refractivity contribution is 5.97. The highest BCUT2D eigenvalue weighted by atomic mass is 16.6. The van der Waals surface area contributed by atoms with Crippen LogP contribution in [0.25, 0.3) is 0 Å². The van der Waals surface area contributed by atoms with Crippen molar-refractivity contribution in [2.24, 2.45) is 0 Å². The summed E-state index contributed by atoms with van der Waals surface area (Å²) in [6.45, 7) is 9.92. The van der Waals surface area contributed by atoms with Crippen LogP contribution >= 0.6 is 0 Å². The van der Waals surface area contributed by atoms with Gasteiger partial charge in [0.2, 0.25) is 5.88 Å². The van der Waals surface area contributed by atoms with E-state index in [9.17, 15) is 9.59 Å². The van der Waals surface area contributed by atoms with Gasteiger partial charge < -0.3 is 28.9 Å². The van der Waals surface area contributed by atoms with Gasteiger partial charge in [-0.2, -0.15) is 4.98 Å². The van der Waals surface area contributed by atoms with Crippen molar-refractivity contribution in [1.82, 2.24) is 14.8 Å². The monoisotopic (exact) mass is 404 g/mol. The summed E-state index contributed by atoms with van der Waals surface area (Å²) in [5, 5.41) is 0. The Balaban J connectivity index is 1.49. The number of amides is 2. The molecule has 9 nitrogen and oxygen atoms in total. The van der Waals surface area contributed by atoms with Crippen LogP contribution in [0.15, 0.2) is 12.1 Å². The quantitative estimate of drug-likeness (QED) is 0.699. The average Bonchev–Trinajstić information content (AvgIpc) is 2.83. The van der Waals surface area contributed by atoms with E-state index in [0.717, 1.165) is 18.9 Å². The zero-order valence-electron chi connectivity index (χ0n) is 17.2. The van der Waals surface area contributed by atoms with E-state index in [0.29, 0.717) is 44.3 Å². The number of ether oxygens (including phenoxy) is 3. The average molecular weight is 404 g/mol. The number of piperazine rings is 1. The number of hydrogen-bond donors (Lipinski definition) is 0. The van der Waals surface area contributed by atoms with Crippen LogP contribution in [0, 0.1) is 0 Å². The Morgan fingerprint density at radius 3 is 2.66 bits per heavy atom. The summed E-state index contributed by atoms with van der Waals surface area (Å²) in [7, 11) is 0. The van der Waals surface area contributed by atoms with E-state index in [1.807, 2.05) is 26.8 Å². The molecule has 3 aliphatic heterocycles. The third-order valence-electron chi connectivity index (χ3n) is 5.22. The molecule has 2 fully saturated rings. The topological polar surface area (TPSA) is 84.4 Å². The first-order valence-corrected chi connectivity index (χ1v) is 10.1. The molecule has 1 aromatic heterocycles. The molecule has 0 N–H and O–H groups in total. The number of carbonyl (C=O) groups is 2. The van der Waals surface area contributed by atoms with E-state index in [1.54, 1.807) is 15.9 Å². The van der Waals surface area contributed by atoms with E-state index < -0.39 is 5.60 Å². The fraction of sp³-hybridized carbons (Fsp3) is 0.650. The summed E-state index contributed by atoms with van der Waals surface area (Å²) in [4.78, 5) is 35.7. The Morgan fingerprint density at radius 2 is 1.93 bits per heavy atom. The lowest BCUT2D eigenvalue weighted by molar-refractivity contribution is 0.000854. The fourth-order valence-corrected chi connectivity index (χ4v) is 3.76. The second-order valence-corrected chi connectivity index (χ2v) is 8.51. The molecule has 0 aromatic carbocycles. The molecule has 2 amide bonds. The van der Waals surface area contributed by atoms with E-state index >= 15 is 0 Å². The number of fused-ring (bicyclic) bond motifs is 2. The summed E-state index contributed by atoms with van der Waals surface area (Å²) in [5.74, 6) is 1.04. The van der Waals surface area contributed by atoms with Gasteiger partial charge in [0.05, 0.1) is 19.3 Å². The molecule has 0 spiro atoms. The Morgan fingerprint density at radius 1 is 1.17 bits per heavy atom. The van der Waals surface area contributed by atoms with Crippen LogP contribution in [0.5, 0.6) is 5.88 Å². The summed E-state index contributed by atoms with van der Waals surface area (Å²) in [6.07, 6.45) is -0.362. The highest BCUT2D eigenvalue weighted by Crippen LogP contribution is 2.28. The Bertz CT molecular complexity index is 788. The summed E-state index contributed by atoms with van der Waals surface area (Å²) in [6, 6.07) is 3.42. The SMILES string of the molecule is CC(C)(C)OC(=O)N1CCN2C(=O)c3ccc(N4CCOCC4)nc3OCC2C1. The molecule has 29 heavy (non-hydrogen) atoms. The molecule has 4 rings (SSSR count). The van der Waals surface area contributed by atoms with Crippen LogP contribution in [0.4, 0.5) is 10.6 Å². The molecule has 1 unspecified atom stereocenters. The molecule has 2 saturated heterocycles. The van der Waals surface area contributed by atoms with Gasteiger partial charge in [-0.1, -0.05) is 0 Å². The molecule has 1 aromatic rings. The number of nitrogens with zero attached hydrogens (tertiary/aromatic N) is 4. The zero-order chi connectivity index (χ0) is 20.6. The Hall–Kier alpha value is -2.55. The minimum atomic E-state index is -0.556. The first-order chi connectivity index (χ1) is 13.8. The van der Waals surface area contributed by atoms with Crippen molar-refractivity contribution in [3.05, 3.63) is 17.7 Å². The summed E-state index contributed by atoms with van der Waals surface area (Å²) < 4.78 is 16.8. The third-order valence-corrected chi connectivity index (χ3v) is 5.22. The molecule has 158 valence electrons. The number of carbonyl (C=O) groups excluding carboxylic acids is 2. The predicted molar refractivity (Wildman–Crippen MR) is 105 cm³/mol. The van der Waals surface area contributed by atoms with Crippen molar-refractivity contribution in [2.45, 2.75) is 32.4 Å². The van der Waals surface area contributed by atoms with Gasteiger partial charge in [-0.05, 0) is 32.9 Å². The van der Waals surface area contributed by atoms with Gasteiger partial charge in [0.25, 0.3) is 5.91 Å². The molecule has 3 aliphatic rings. The summed E-state index contributed by atoms with van der Waals surface area (Å²) in [5.41, 5.74) is -0.0877. The molecule has 0 aliphatic carbocycles. The molecule has 4 heterocycles. The van der Waals surface area contributed by atoms with Gasteiger partial charge in [-0.15, -0.1) is 0 Å². The maximum absolute atomic E-state index is 13.1. The Labute approximate surface area is 170 Å². The molecule has 0 saturated carbocycles. The molecule has 1 atom stereocenters. The van der Waals surface area contributed by atoms with Crippen LogP contribution < -0.4 is 9.64 Å². The Kier molecular flexibility index (Phi) is 5.24. The van der Waals surface area contributed by atoms with Crippen LogP contribution in [-0.4, -0.2) is 91.0 Å². The minimum absolute atomic E-state index is 0.104. The number of rotatable bonds is 1. The van der Waals surface area contributed by atoms with Crippen molar-refractivity contribution in [2.75, 3.05) is 57.4 Å². The van der Waals surface area contributed by atoms with E-state index in [-0.39, 0.29) is 24.6 Å². The largest absolute Gasteiger partial charge is 0.475 e. The molecule has 0 radical (unpaired) electrons. The first-order valence-electron chi connectivity index (χ1n) is 10.1. The van der Waals surface area contributed by atoms with Crippen molar-refractivity contribution >= 4 is 17.8 Å². The summed E-state index contributed by atoms with van der Waals surface area (Å²) >= 11 is 0. The van der Waals surface area contributed by atoms with Crippen molar-refractivity contribution < 1.29 is 23.8 Å². The minimum Gasteiger partial charge on any atom is -0.475 e. The number of pyridine rings is 1. The second-order valence-electron chi connectivity index (χ2n) is 8.51. The standard InChI is InChI=1S/C20H28N4O5/c1-20(2,3)29-19(26)23-6-7-24-14(12-23)13-28-17-15(18(24)25)4-5-16(21-17)22-8-10-27-11-9-22/h4-5,14H,6-13H2,1-3H3. The van der Waals surface area contributed by atoms with Gasteiger partial charge in [-0.25, -0.2) is 4.79 Å². The first kappa shape index (κ1) is 19.8.